The highest BCUT2D eigenvalue weighted by molar-refractivity contribution is 7.90. The van der Waals surface area contributed by atoms with Crippen molar-refractivity contribution in [2.24, 2.45) is 0 Å². The van der Waals surface area contributed by atoms with Crippen LogP contribution in [0.5, 0.6) is 0 Å². The van der Waals surface area contributed by atoms with Crippen molar-refractivity contribution in [2.45, 2.75) is 24.7 Å². The predicted molar refractivity (Wildman–Crippen MR) is 76.2 cm³/mol. The van der Waals surface area contributed by atoms with Crippen LogP contribution in [0, 0.1) is 0 Å². The number of rotatable bonds is 5. The largest absolute Gasteiger partial charge is 0.377 e. The van der Waals surface area contributed by atoms with Gasteiger partial charge >= 0.3 is 0 Å². The number of benzene rings is 1. The van der Waals surface area contributed by atoms with Gasteiger partial charge in [0.1, 0.15) is 5.75 Å². The average Bonchev–Trinajstić information content (AvgIpc) is 3.10. The molecule has 0 unspecified atom stereocenters. The Kier molecular flexibility index (Phi) is 4.03. The van der Waals surface area contributed by atoms with Gasteiger partial charge in [-0.25, -0.2) is 8.42 Å². The summed E-state index contributed by atoms with van der Waals surface area (Å²) in [6, 6.07) is 9.29. The van der Waals surface area contributed by atoms with E-state index >= 15 is 0 Å². The van der Waals surface area contributed by atoms with Crippen molar-refractivity contribution in [1.82, 2.24) is 10.1 Å². The molecule has 1 fully saturated rings. The number of sulfone groups is 1. The van der Waals surface area contributed by atoms with Crippen LogP contribution in [0.15, 0.2) is 34.9 Å². The number of aromatic nitrogens is 2. The van der Waals surface area contributed by atoms with Gasteiger partial charge in [-0.3, -0.25) is 0 Å². The Morgan fingerprint density at radius 1 is 1.24 bits per heavy atom. The molecule has 0 amide bonds. The van der Waals surface area contributed by atoms with Crippen LogP contribution in [-0.2, 0) is 20.3 Å². The highest BCUT2D eigenvalue weighted by Gasteiger charge is 2.25. The van der Waals surface area contributed by atoms with Crippen molar-refractivity contribution in [3.63, 3.8) is 0 Å². The van der Waals surface area contributed by atoms with Crippen LogP contribution in [0.1, 0.15) is 18.7 Å². The standard InChI is InChI=1S/C14H16N2O4S/c17-21(18,9-12-7-4-8-19-12)10-13-15-14(16-20-13)11-5-2-1-3-6-11/h1-3,5-6,12H,4,7-10H2/t12-/m0/s1. The Balaban J connectivity index is 1.69. The maximum absolute atomic E-state index is 12.1. The molecule has 112 valence electrons. The van der Waals surface area contributed by atoms with E-state index in [9.17, 15) is 8.42 Å². The minimum atomic E-state index is -3.31. The quantitative estimate of drug-likeness (QED) is 0.838. The van der Waals surface area contributed by atoms with Gasteiger partial charge in [0.2, 0.25) is 11.7 Å². The average molecular weight is 308 g/mol. The van der Waals surface area contributed by atoms with Gasteiger partial charge in [0.05, 0.1) is 11.9 Å². The van der Waals surface area contributed by atoms with E-state index in [1.54, 1.807) is 0 Å². The second-order valence-corrected chi connectivity index (χ2v) is 7.18. The van der Waals surface area contributed by atoms with E-state index in [0.717, 1.165) is 18.4 Å². The van der Waals surface area contributed by atoms with E-state index < -0.39 is 9.84 Å². The lowest BCUT2D eigenvalue weighted by atomic mass is 10.2. The molecular formula is C14H16N2O4S. The molecule has 0 bridgehead atoms. The lowest BCUT2D eigenvalue weighted by Crippen LogP contribution is -2.21. The van der Waals surface area contributed by atoms with Gasteiger partial charge < -0.3 is 9.26 Å². The van der Waals surface area contributed by atoms with Crippen molar-refractivity contribution in [3.8, 4) is 11.4 Å². The second kappa shape index (κ2) is 5.95. The molecule has 0 N–H and O–H groups in total. The smallest absolute Gasteiger partial charge is 0.242 e. The zero-order valence-electron chi connectivity index (χ0n) is 11.4. The highest BCUT2D eigenvalue weighted by Crippen LogP contribution is 2.18. The van der Waals surface area contributed by atoms with Crippen LogP contribution < -0.4 is 0 Å². The van der Waals surface area contributed by atoms with Crippen LogP contribution in [0.2, 0.25) is 0 Å². The Morgan fingerprint density at radius 2 is 2.05 bits per heavy atom. The lowest BCUT2D eigenvalue weighted by molar-refractivity contribution is 0.127. The Bertz CT molecular complexity index is 691. The third-order valence-corrected chi connectivity index (χ3v) is 4.87. The second-order valence-electron chi connectivity index (χ2n) is 5.07. The van der Waals surface area contributed by atoms with Crippen molar-refractivity contribution in [1.29, 1.82) is 0 Å². The van der Waals surface area contributed by atoms with Gasteiger partial charge in [-0.2, -0.15) is 4.98 Å². The molecule has 1 aromatic heterocycles. The monoisotopic (exact) mass is 308 g/mol. The summed E-state index contributed by atoms with van der Waals surface area (Å²) in [5.41, 5.74) is 0.795. The molecule has 0 saturated carbocycles. The predicted octanol–water partition coefficient (Wildman–Crippen LogP) is 1.83. The summed E-state index contributed by atoms with van der Waals surface area (Å²) in [5.74, 6) is 0.285. The molecule has 0 aliphatic carbocycles. The summed E-state index contributed by atoms with van der Waals surface area (Å²) in [6.45, 7) is 0.638. The van der Waals surface area contributed by atoms with E-state index in [2.05, 4.69) is 10.1 Å². The summed E-state index contributed by atoms with van der Waals surface area (Å²) in [4.78, 5) is 4.14. The Hall–Kier alpha value is -1.73. The minimum absolute atomic E-state index is 0.00997. The molecule has 1 atom stereocenters. The third-order valence-electron chi connectivity index (χ3n) is 3.31. The molecule has 21 heavy (non-hydrogen) atoms. The summed E-state index contributed by atoms with van der Waals surface area (Å²) >= 11 is 0. The summed E-state index contributed by atoms with van der Waals surface area (Å²) in [7, 11) is -3.31. The molecule has 1 saturated heterocycles. The molecule has 2 aromatic rings. The van der Waals surface area contributed by atoms with Crippen LogP contribution >= 0.6 is 0 Å². The number of hydrogen-bond donors (Lipinski definition) is 0. The van der Waals surface area contributed by atoms with Gasteiger partial charge in [-0.15, -0.1) is 0 Å². The fraction of sp³-hybridized carbons (Fsp3) is 0.429. The first-order chi connectivity index (χ1) is 10.1. The molecule has 0 spiro atoms. The number of ether oxygens (including phenoxy) is 1. The zero-order chi connectivity index (χ0) is 14.7. The van der Waals surface area contributed by atoms with E-state index in [0.29, 0.717) is 12.4 Å². The Morgan fingerprint density at radius 3 is 2.76 bits per heavy atom. The van der Waals surface area contributed by atoms with Crippen molar-refractivity contribution < 1.29 is 17.7 Å². The van der Waals surface area contributed by atoms with Gasteiger partial charge in [-0.1, -0.05) is 35.5 Å². The van der Waals surface area contributed by atoms with Crippen LogP contribution in [-0.4, -0.2) is 37.0 Å². The van der Waals surface area contributed by atoms with Gasteiger partial charge in [0.15, 0.2) is 9.84 Å². The Labute approximate surface area is 123 Å². The molecule has 6 nitrogen and oxygen atoms in total. The van der Waals surface area contributed by atoms with Crippen LogP contribution in [0.4, 0.5) is 0 Å². The fourth-order valence-electron chi connectivity index (χ4n) is 2.32. The number of hydrogen-bond acceptors (Lipinski definition) is 6. The van der Waals surface area contributed by atoms with E-state index in [1.807, 2.05) is 30.3 Å². The van der Waals surface area contributed by atoms with Gasteiger partial charge in [-0.05, 0) is 12.8 Å². The molecule has 2 heterocycles. The topological polar surface area (TPSA) is 82.3 Å². The maximum Gasteiger partial charge on any atom is 0.242 e. The summed E-state index contributed by atoms with van der Waals surface area (Å²) in [5, 5.41) is 3.82. The van der Waals surface area contributed by atoms with Crippen LogP contribution in [0.3, 0.4) is 0 Å². The first kappa shape index (κ1) is 14.2. The third kappa shape index (κ3) is 3.68. The molecule has 3 rings (SSSR count). The molecule has 7 heteroatoms. The molecule has 0 radical (unpaired) electrons. The van der Waals surface area contributed by atoms with E-state index in [4.69, 9.17) is 9.26 Å². The lowest BCUT2D eigenvalue weighted by Gasteiger charge is -2.08. The first-order valence-corrected chi connectivity index (χ1v) is 8.64. The van der Waals surface area contributed by atoms with Crippen LogP contribution in [0.25, 0.3) is 11.4 Å². The van der Waals surface area contributed by atoms with Crippen molar-refractivity contribution in [2.75, 3.05) is 12.4 Å². The highest BCUT2D eigenvalue weighted by atomic mass is 32.2. The summed E-state index contributed by atoms with van der Waals surface area (Å²) < 4.78 is 34.6. The zero-order valence-corrected chi connectivity index (χ0v) is 12.3. The first-order valence-electron chi connectivity index (χ1n) is 6.82. The SMILES string of the molecule is O=S(=O)(Cc1nc(-c2ccccc2)no1)C[C@@H]1CCCO1. The maximum atomic E-state index is 12.1. The van der Waals surface area contributed by atoms with Gasteiger partial charge in [0.25, 0.3) is 0 Å². The fourth-order valence-corrected chi connectivity index (χ4v) is 3.76. The minimum Gasteiger partial charge on any atom is -0.377 e. The normalized spacial score (nSPS) is 19.0. The van der Waals surface area contributed by atoms with Gasteiger partial charge in [0, 0.05) is 12.2 Å². The van der Waals surface area contributed by atoms with E-state index in [-0.39, 0.29) is 23.5 Å². The van der Waals surface area contributed by atoms with Crippen molar-refractivity contribution in [3.05, 3.63) is 36.2 Å². The number of nitrogens with zero attached hydrogens (tertiary/aromatic N) is 2. The van der Waals surface area contributed by atoms with E-state index in [1.165, 1.54) is 0 Å². The molecule has 1 aliphatic heterocycles. The molecular weight excluding hydrogens is 292 g/mol. The van der Waals surface area contributed by atoms with Crippen molar-refractivity contribution >= 4 is 9.84 Å². The summed E-state index contributed by atoms with van der Waals surface area (Å²) in [6.07, 6.45) is 1.50. The molecule has 1 aliphatic rings. The molecule has 1 aromatic carbocycles.